The van der Waals surface area contributed by atoms with Gasteiger partial charge in [-0.1, -0.05) is 36.7 Å². The van der Waals surface area contributed by atoms with Crippen LogP contribution in [0.15, 0.2) is 60.8 Å². The van der Waals surface area contributed by atoms with Crippen molar-refractivity contribution in [1.82, 2.24) is 19.4 Å². The molecular formula is C24H21ClF2N4O. The van der Waals surface area contributed by atoms with Gasteiger partial charge < -0.3 is 9.47 Å². The van der Waals surface area contributed by atoms with E-state index in [1.54, 1.807) is 24.4 Å². The van der Waals surface area contributed by atoms with Gasteiger partial charge in [0.25, 0.3) is 5.91 Å². The van der Waals surface area contributed by atoms with Crippen molar-refractivity contribution in [3.05, 3.63) is 94.4 Å². The fourth-order valence-electron chi connectivity index (χ4n) is 3.63. The predicted molar refractivity (Wildman–Crippen MR) is 119 cm³/mol. The van der Waals surface area contributed by atoms with Crippen molar-refractivity contribution < 1.29 is 13.6 Å². The number of aryl methyl sites for hydroxylation is 1. The Morgan fingerprint density at radius 1 is 1.06 bits per heavy atom. The van der Waals surface area contributed by atoms with Gasteiger partial charge in [-0.2, -0.15) is 0 Å². The molecule has 0 radical (unpaired) electrons. The Hall–Kier alpha value is -3.32. The summed E-state index contributed by atoms with van der Waals surface area (Å²) < 4.78 is 29.9. The second-order valence-electron chi connectivity index (χ2n) is 7.41. The highest BCUT2D eigenvalue weighted by Crippen LogP contribution is 2.24. The molecule has 2 aromatic carbocycles. The van der Waals surface area contributed by atoms with Gasteiger partial charge in [-0.15, -0.1) is 0 Å². The Labute approximate surface area is 189 Å². The molecule has 8 heteroatoms. The summed E-state index contributed by atoms with van der Waals surface area (Å²) in [7, 11) is 0. The molecule has 2 aromatic heterocycles. The van der Waals surface area contributed by atoms with E-state index in [1.807, 2.05) is 17.6 Å². The first-order valence-corrected chi connectivity index (χ1v) is 10.6. The van der Waals surface area contributed by atoms with Crippen LogP contribution in [0, 0.1) is 11.6 Å². The Morgan fingerprint density at radius 2 is 1.84 bits per heavy atom. The van der Waals surface area contributed by atoms with Gasteiger partial charge in [0.15, 0.2) is 5.65 Å². The molecule has 164 valence electrons. The van der Waals surface area contributed by atoms with E-state index < -0.39 is 11.7 Å². The van der Waals surface area contributed by atoms with Crippen LogP contribution < -0.4 is 0 Å². The summed E-state index contributed by atoms with van der Waals surface area (Å²) in [4.78, 5) is 24.0. The van der Waals surface area contributed by atoms with Crippen LogP contribution in [0.25, 0.3) is 11.2 Å². The number of amides is 1. The third-order valence-electron chi connectivity index (χ3n) is 5.11. The molecule has 0 aliphatic rings. The molecule has 0 unspecified atom stereocenters. The molecule has 2 heterocycles. The van der Waals surface area contributed by atoms with Crippen LogP contribution in [0.3, 0.4) is 0 Å². The van der Waals surface area contributed by atoms with Gasteiger partial charge in [0.1, 0.15) is 23.0 Å². The van der Waals surface area contributed by atoms with Crippen molar-refractivity contribution in [2.75, 3.05) is 0 Å². The number of aromatic nitrogens is 3. The standard InChI is InChI=1S/C24H21ClF2N4O/c1-2-13-31-21(29-20-7-4-12-28-23(20)31)15-30(14-16-8-10-17(26)11-9-16)24(32)22-18(25)5-3-6-19(22)27/h3-12H,2,13-15H2,1H3. The zero-order valence-electron chi connectivity index (χ0n) is 17.4. The van der Waals surface area contributed by atoms with E-state index in [1.165, 1.54) is 35.2 Å². The molecule has 1 amide bonds. The van der Waals surface area contributed by atoms with Gasteiger partial charge in [-0.25, -0.2) is 18.7 Å². The maximum atomic E-state index is 14.5. The van der Waals surface area contributed by atoms with Crippen molar-refractivity contribution >= 4 is 28.7 Å². The van der Waals surface area contributed by atoms with Crippen LogP contribution in [0.4, 0.5) is 8.78 Å². The minimum atomic E-state index is -0.699. The quantitative estimate of drug-likeness (QED) is 0.364. The Bertz CT molecular complexity index is 1240. The SMILES string of the molecule is CCCn1c(CN(Cc2ccc(F)cc2)C(=O)c2c(F)cccc2Cl)nc2cccnc21. The van der Waals surface area contributed by atoms with Gasteiger partial charge in [-0.05, 0) is 48.4 Å². The molecule has 0 bridgehead atoms. The van der Waals surface area contributed by atoms with E-state index >= 15 is 0 Å². The Balaban J connectivity index is 1.76. The molecule has 0 aliphatic heterocycles. The number of carbonyl (C=O) groups is 1. The first-order chi connectivity index (χ1) is 15.5. The normalized spacial score (nSPS) is 11.1. The fourth-order valence-corrected chi connectivity index (χ4v) is 3.87. The zero-order valence-corrected chi connectivity index (χ0v) is 18.2. The number of carbonyl (C=O) groups excluding carboxylic acids is 1. The Morgan fingerprint density at radius 3 is 2.56 bits per heavy atom. The predicted octanol–water partition coefficient (Wildman–Crippen LogP) is 5.62. The number of benzene rings is 2. The van der Waals surface area contributed by atoms with E-state index in [0.717, 1.165) is 12.1 Å². The third-order valence-corrected chi connectivity index (χ3v) is 5.43. The number of pyridine rings is 1. The molecule has 4 aromatic rings. The van der Waals surface area contributed by atoms with Crippen molar-refractivity contribution in [1.29, 1.82) is 0 Å². The Kier molecular flexibility index (Phi) is 6.46. The van der Waals surface area contributed by atoms with Crippen molar-refractivity contribution in [3.63, 3.8) is 0 Å². The monoisotopic (exact) mass is 454 g/mol. The van der Waals surface area contributed by atoms with E-state index in [-0.39, 0.29) is 29.5 Å². The second kappa shape index (κ2) is 9.44. The number of hydrogen-bond acceptors (Lipinski definition) is 3. The summed E-state index contributed by atoms with van der Waals surface area (Å²) in [5, 5.41) is 0.0304. The van der Waals surface area contributed by atoms with Gasteiger partial charge in [0.05, 0.1) is 17.1 Å². The molecule has 0 saturated carbocycles. The molecule has 0 saturated heterocycles. The van der Waals surface area contributed by atoms with E-state index in [0.29, 0.717) is 23.4 Å². The van der Waals surface area contributed by atoms with Crippen molar-refractivity contribution in [2.45, 2.75) is 33.0 Å². The van der Waals surface area contributed by atoms with Gasteiger partial charge >= 0.3 is 0 Å². The van der Waals surface area contributed by atoms with Crippen molar-refractivity contribution in [2.24, 2.45) is 0 Å². The van der Waals surface area contributed by atoms with Gasteiger partial charge in [-0.3, -0.25) is 4.79 Å². The van der Waals surface area contributed by atoms with Crippen LogP contribution in [-0.2, 0) is 19.6 Å². The molecule has 32 heavy (non-hydrogen) atoms. The largest absolute Gasteiger partial charge is 0.327 e. The topological polar surface area (TPSA) is 51.0 Å². The molecule has 0 atom stereocenters. The second-order valence-corrected chi connectivity index (χ2v) is 7.82. The molecule has 0 spiro atoms. The first kappa shape index (κ1) is 21.9. The highest BCUT2D eigenvalue weighted by molar-refractivity contribution is 6.33. The maximum Gasteiger partial charge on any atom is 0.259 e. The van der Waals surface area contributed by atoms with Gasteiger partial charge in [0.2, 0.25) is 0 Å². The van der Waals surface area contributed by atoms with E-state index in [2.05, 4.69) is 9.97 Å². The van der Waals surface area contributed by atoms with Crippen LogP contribution in [0.2, 0.25) is 5.02 Å². The molecule has 0 aliphatic carbocycles. The number of fused-ring (bicyclic) bond motifs is 1. The van der Waals surface area contributed by atoms with Crippen molar-refractivity contribution in [3.8, 4) is 0 Å². The molecule has 4 rings (SSSR count). The van der Waals surface area contributed by atoms with Crippen LogP contribution in [0.1, 0.15) is 35.1 Å². The summed E-state index contributed by atoms with van der Waals surface area (Å²) in [5.41, 5.74) is 1.94. The molecule has 0 fully saturated rings. The lowest BCUT2D eigenvalue weighted by molar-refractivity contribution is 0.0719. The number of halogens is 3. The lowest BCUT2D eigenvalue weighted by Gasteiger charge is -2.24. The van der Waals surface area contributed by atoms with Gasteiger partial charge in [0, 0.05) is 19.3 Å². The lowest BCUT2D eigenvalue weighted by Crippen LogP contribution is -2.32. The highest BCUT2D eigenvalue weighted by Gasteiger charge is 2.25. The average Bonchev–Trinajstić information content (AvgIpc) is 3.12. The lowest BCUT2D eigenvalue weighted by atomic mass is 10.1. The third kappa shape index (κ3) is 4.48. The summed E-state index contributed by atoms with van der Waals surface area (Å²) in [6.07, 6.45) is 2.54. The number of hydrogen-bond donors (Lipinski definition) is 0. The first-order valence-electron chi connectivity index (χ1n) is 10.3. The number of nitrogens with zero attached hydrogens (tertiary/aromatic N) is 4. The molecule has 0 N–H and O–H groups in total. The molecular weight excluding hydrogens is 434 g/mol. The average molecular weight is 455 g/mol. The number of imidazole rings is 1. The number of rotatable bonds is 7. The summed E-state index contributed by atoms with van der Waals surface area (Å²) in [5.74, 6) is -1.01. The fraction of sp³-hybridized carbons (Fsp3) is 0.208. The van der Waals surface area contributed by atoms with Crippen LogP contribution in [0.5, 0.6) is 0 Å². The maximum absolute atomic E-state index is 14.5. The van der Waals surface area contributed by atoms with E-state index in [9.17, 15) is 13.6 Å². The van der Waals surface area contributed by atoms with Crippen LogP contribution in [-0.4, -0.2) is 25.3 Å². The van der Waals surface area contributed by atoms with Crippen LogP contribution >= 0.6 is 11.6 Å². The zero-order chi connectivity index (χ0) is 22.7. The summed E-state index contributed by atoms with van der Waals surface area (Å²) >= 11 is 6.17. The smallest absolute Gasteiger partial charge is 0.259 e. The summed E-state index contributed by atoms with van der Waals surface area (Å²) in [6, 6.07) is 13.6. The highest BCUT2D eigenvalue weighted by atomic mass is 35.5. The molecule has 5 nitrogen and oxygen atoms in total. The minimum Gasteiger partial charge on any atom is -0.327 e. The minimum absolute atomic E-state index is 0.0304. The summed E-state index contributed by atoms with van der Waals surface area (Å²) in [6.45, 7) is 2.95. The van der Waals surface area contributed by atoms with E-state index in [4.69, 9.17) is 11.6 Å².